The number of ether oxygens (including phenoxy) is 1. The summed E-state index contributed by atoms with van der Waals surface area (Å²) < 4.78 is 5.32. The van der Waals surface area contributed by atoms with E-state index in [0.29, 0.717) is 6.61 Å². The van der Waals surface area contributed by atoms with Crippen LogP contribution in [0.1, 0.15) is 85.5 Å². The Morgan fingerprint density at radius 2 is 1.53 bits per heavy atom. The second-order valence-corrected chi connectivity index (χ2v) is 6.16. The second kappa shape index (κ2) is 12.5. The normalized spacial score (nSPS) is 12.7. The van der Waals surface area contributed by atoms with Crippen molar-refractivity contribution in [3.8, 4) is 0 Å². The highest BCUT2D eigenvalue weighted by Crippen LogP contribution is 2.12. The van der Waals surface area contributed by atoms with Gasteiger partial charge in [0.25, 0.3) is 0 Å². The third-order valence-electron chi connectivity index (χ3n) is 3.56. The fraction of sp³-hybridized carbons (Fsp3) is 0.941. The van der Waals surface area contributed by atoms with Gasteiger partial charge in [0.2, 0.25) is 0 Å². The summed E-state index contributed by atoms with van der Waals surface area (Å²) in [4.78, 5) is 11.7. The van der Waals surface area contributed by atoms with E-state index in [1.54, 1.807) is 0 Å². The number of rotatable bonds is 12. The summed E-state index contributed by atoms with van der Waals surface area (Å²) in [7, 11) is 0. The largest absolute Gasteiger partial charge is 0.465 e. The Balaban J connectivity index is 3.37. The van der Waals surface area contributed by atoms with Gasteiger partial charge in [-0.15, -0.1) is 0 Å². The topological polar surface area (TPSA) is 26.3 Å². The molecule has 1 unspecified atom stereocenters. The third-order valence-corrected chi connectivity index (χ3v) is 3.56. The highest BCUT2D eigenvalue weighted by atomic mass is 16.5. The lowest BCUT2D eigenvalue weighted by Crippen LogP contribution is -2.15. The molecular formula is C17H34O2. The molecule has 0 aromatic carbocycles. The van der Waals surface area contributed by atoms with Gasteiger partial charge < -0.3 is 4.74 Å². The molecular weight excluding hydrogens is 236 g/mol. The molecule has 0 aliphatic carbocycles. The zero-order valence-electron chi connectivity index (χ0n) is 13.5. The highest BCUT2D eigenvalue weighted by molar-refractivity contribution is 5.71. The molecule has 0 radical (unpaired) electrons. The Hall–Kier alpha value is -0.530. The van der Waals surface area contributed by atoms with Crippen LogP contribution in [0.4, 0.5) is 0 Å². The zero-order chi connectivity index (χ0) is 14.5. The Morgan fingerprint density at radius 3 is 2.16 bits per heavy atom. The van der Waals surface area contributed by atoms with Crippen LogP contribution in [0, 0.1) is 11.8 Å². The molecule has 0 N–H and O–H groups in total. The van der Waals surface area contributed by atoms with Crippen LogP contribution in [0.15, 0.2) is 0 Å². The van der Waals surface area contributed by atoms with E-state index >= 15 is 0 Å². The quantitative estimate of drug-likeness (QED) is 0.353. The highest BCUT2D eigenvalue weighted by Gasteiger charge is 2.13. The summed E-state index contributed by atoms with van der Waals surface area (Å²) in [5.74, 6) is 0.882. The molecule has 114 valence electrons. The van der Waals surface area contributed by atoms with E-state index < -0.39 is 0 Å². The van der Waals surface area contributed by atoms with Crippen LogP contribution in [-0.4, -0.2) is 12.6 Å². The van der Waals surface area contributed by atoms with Crippen molar-refractivity contribution in [3.05, 3.63) is 0 Å². The third kappa shape index (κ3) is 12.3. The van der Waals surface area contributed by atoms with Crippen molar-refractivity contribution in [1.29, 1.82) is 0 Å². The molecule has 19 heavy (non-hydrogen) atoms. The maximum Gasteiger partial charge on any atom is 0.308 e. The standard InChI is InChI=1S/C17H34O2/c1-5-6-9-13-16(4)17(18)19-14-11-8-7-10-12-15(2)3/h15-16H,5-14H2,1-4H3. The minimum absolute atomic E-state index is 0.00159. The zero-order valence-corrected chi connectivity index (χ0v) is 13.5. The van der Waals surface area contributed by atoms with E-state index in [4.69, 9.17) is 4.74 Å². The smallest absolute Gasteiger partial charge is 0.308 e. The number of hydrogen-bond acceptors (Lipinski definition) is 2. The Labute approximate surface area is 120 Å². The number of unbranched alkanes of at least 4 members (excludes halogenated alkanes) is 5. The van der Waals surface area contributed by atoms with Crippen molar-refractivity contribution in [2.75, 3.05) is 6.61 Å². The predicted molar refractivity (Wildman–Crippen MR) is 82.2 cm³/mol. The molecule has 0 bridgehead atoms. The molecule has 0 aliphatic rings. The molecule has 0 heterocycles. The van der Waals surface area contributed by atoms with Gasteiger partial charge in [-0.05, 0) is 18.8 Å². The molecule has 0 aliphatic heterocycles. The van der Waals surface area contributed by atoms with E-state index in [9.17, 15) is 4.79 Å². The molecule has 0 aromatic heterocycles. The van der Waals surface area contributed by atoms with Crippen LogP contribution in [0.25, 0.3) is 0 Å². The Kier molecular flexibility index (Phi) is 12.2. The lowest BCUT2D eigenvalue weighted by atomic mass is 10.0. The fourth-order valence-electron chi connectivity index (χ4n) is 2.14. The lowest BCUT2D eigenvalue weighted by molar-refractivity contribution is -0.148. The lowest BCUT2D eigenvalue weighted by Gasteiger charge is -2.11. The van der Waals surface area contributed by atoms with Gasteiger partial charge in [0.1, 0.15) is 0 Å². The number of esters is 1. The Bertz CT molecular complexity index is 211. The van der Waals surface area contributed by atoms with Crippen LogP contribution in [0.3, 0.4) is 0 Å². The van der Waals surface area contributed by atoms with Gasteiger partial charge in [0.05, 0.1) is 12.5 Å². The van der Waals surface area contributed by atoms with E-state index in [1.165, 1.54) is 38.5 Å². The van der Waals surface area contributed by atoms with Gasteiger partial charge in [-0.3, -0.25) is 4.79 Å². The van der Waals surface area contributed by atoms with E-state index in [-0.39, 0.29) is 11.9 Å². The van der Waals surface area contributed by atoms with Crippen molar-refractivity contribution in [1.82, 2.24) is 0 Å². The summed E-state index contributed by atoms with van der Waals surface area (Å²) in [5, 5.41) is 0. The summed E-state index contributed by atoms with van der Waals surface area (Å²) in [6.45, 7) is 9.31. The SMILES string of the molecule is CCCCCC(C)C(=O)OCCCCCCC(C)C. The van der Waals surface area contributed by atoms with Gasteiger partial charge in [-0.1, -0.05) is 72.6 Å². The average molecular weight is 270 g/mol. The summed E-state index contributed by atoms with van der Waals surface area (Å²) in [6.07, 6.45) is 10.6. The van der Waals surface area contributed by atoms with E-state index in [2.05, 4.69) is 20.8 Å². The number of hydrogen-bond donors (Lipinski definition) is 0. The van der Waals surface area contributed by atoms with Crippen LogP contribution >= 0.6 is 0 Å². The molecule has 0 fully saturated rings. The molecule has 0 amide bonds. The molecule has 1 atom stereocenters. The average Bonchev–Trinajstić information content (AvgIpc) is 2.37. The molecule has 0 saturated carbocycles. The van der Waals surface area contributed by atoms with Gasteiger partial charge in [-0.2, -0.15) is 0 Å². The molecule has 0 spiro atoms. The summed E-state index contributed by atoms with van der Waals surface area (Å²) in [6, 6.07) is 0. The van der Waals surface area contributed by atoms with Crippen molar-refractivity contribution in [2.24, 2.45) is 11.8 Å². The first-order valence-electron chi connectivity index (χ1n) is 8.24. The second-order valence-electron chi connectivity index (χ2n) is 6.16. The van der Waals surface area contributed by atoms with Crippen LogP contribution < -0.4 is 0 Å². The van der Waals surface area contributed by atoms with Crippen molar-refractivity contribution in [3.63, 3.8) is 0 Å². The van der Waals surface area contributed by atoms with E-state index in [1.807, 2.05) is 6.92 Å². The maximum absolute atomic E-state index is 11.7. The van der Waals surface area contributed by atoms with Crippen LogP contribution in [0.2, 0.25) is 0 Å². The van der Waals surface area contributed by atoms with Crippen molar-refractivity contribution < 1.29 is 9.53 Å². The fourth-order valence-corrected chi connectivity index (χ4v) is 2.14. The first kappa shape index (κ1) is 18.5. The van der Waals surface area contributed by atoms with E-state index in [0.717, 1.165) is 25.2 Å². The van der Waals surface area contributed by atoms with Gasteiger partial charge in [-0.25, -0.2) is 0 Å². The van der Waals surface area contributed by atoms with Gasteiger partial charge in [0.15, 0.2) is 0 Å². The minimum Gasteiger partial charge on any atom is -0.465 e. The first-order valence-corrected chi connectivity index (χ1v) is 8.24. The monoisotopic (exact) mass is 270 g/mol. The molecule has 0 aromatic rings. The van der Waals surface area contributed by atoms with Crippen LogP contribution in [-0.2, 0) is 9.53 Å². The van der Waals surface area contributed by atoms with Crippen molar-refractivity contribution >= 4 is 5.97 Å². The molecule has 2 nitrogen and oxygen atoms in total. The summed E-state index contributed by atoms with van der Waals surface area (Å²) >= 11 is 0. The first-order chi connectivity index (χ1) is 9.07. The minimum atomic E-state index is -0.00159. The molecule has 0 saturated heterocycles. The predicted octanol–water partition coefficient (Wildman–Crippen LogP) is 5.35. The van der Waals surface area contributed by atoms with Gasteiger partial charge >= 0.3 is 5.97 Å². The number of carbonyl (C=O) groups excluding carboxylic acids is 1. The Morgan fingerprint density at radius 1 is 0.895 bits per heavy atom. The molecule has 0 rings (SSSR count). The molecule has 2 heteroatoms. The maximum atomic E-state index is 11.7. The van der Waals surface area contributed by atoms with Crippen LogP contribution in [0.5, 0.6) is 0 Å². The number of carbonyl (C=O) groups is 1. The summed E-state index contributed by atoms with van der Waals surface area (Å²) in [5.41, 5.74) is 0. The van der Waals surface area contributed by atoms with Crippen molar-refractivity contribution in [2.45, 2.75) is 85.5 Å². The van der Waals surface area contributed by atoms with Gasteiger partial charge in [0, 0.05) is 0 Å².